The average molecular weight is 376 g/mol. The van der Waals surface area contributed by atoms with Crippen molar-refractivity contribution in [1.82, 2.24) is 24.9 Å². The Morgan fingerprint density at radius 2 is 1.50 bits per heavy atom. The van der Waals surface area contributed by atoms with Crippen LogP contribution in [0.5, 0.6) is 0 Å². The fourth-order valence-corrected chi connectivity index (χ4v) is 3.45. The maximum Gasteiger partial charge on any atom is 0.253 e. The molecular weight excluding hydrogens is 352 g/mol. The van der Waals surface area contributed by atoms with Gasteiger partial charge in [-0.2, -0.15) is 5.10 Å². The minimum Gasteiger partial charge on any atom is -0.352 e. The molecule has 0 N–H and O–H groups in total. The summed E-state index contributed by atoms with van der Waals surface area (Å²) in [6.07, 6.45) is 0. The minimum absolute atomic E-state index is 0.0848. The van der Waals surface area contributed by atoms with Gasteiger partial charge < -0.3 is 9.80 Å². The van der Waals surface area contributed by atoms with Crippen molar-refractivity contribution >= 4 is 11.7 Å². The van der Waals surface area contributed by atoms with Gasteiger partial charge in [0.2, 0.25) is 0 Å². The zero-order valence-electron chi connectivity index (χ0n) is 16.5. The second-order valence-corrected chi connectivity index (χ2v) is 7.10. The van der Waals surface area contributed by atoms with E-state index in [1.807, 2.05) is 65.9 Å². The van der Waals surface area contributed by atoms with Crippen molar-refractivity contribution in [3.05, 3.63) is 65.0 Å². The molecule has 0 radical (unpaired) electrons. The summed E-state index contributed by atoms with van der Waals surface area (Å²) in [5, 5.41) is 13.3. The Morgan fingerprint density at radius 3 is 2.07 bits per heavy atom. The van der Waals surface area contributed by atoms with E-state index in [4.69, 9.17) is 0 Å². The summed E-state index contributed by atoms with van der Waals surface area (Å²) >= 11 is 0. The van der Waals surface area contributed by atoms with E-state index >= 15 is 0 Å². The van der Waals surface area contributed by atoms with Gasteiger partial charge in [-0.1, -0.05) is 18.2 Å². The van der Waals surface area contributed by atoms with Gasteiger partial charge in [-0.25, -0.2) is 4.68 Å². The normalized spacial score (nSPS) is 14.4. The number of piperazine rings is 1. The number of carbonyl (C=O) groups is 1. The molecule has 3 heterocycles. The lowest BCUT2D eigenvalue weighted by molar-refractivity contribution is 0.0746. The van der Waals surface area contributed by atoms with Gasteiger partial charge in [0.15, 0.2) is 11.6 Å². The van der Waals surface area contributed by atoms with Crippen LogP contribution in [-0.2, 0) is 0 Å². The number of nitrogens with zero attached hydrogens (tertiary/aromatic N) is 6. The molecule has 0 bridgehead atoms. The number of rotatable bonds is 3. The number of benzene rings is 1. The van der Waals surface area contributed by atoms with E-state index in [0.29, 0.717) is 13.1 Å². The minimum atomic E-state index is 0.0848. The Balaban J connectivity index is 1.42. The van der Waals surface area contributed by atoms with Crippen LogP contribution >= 0.6 is 0 Å². The van der Waals surface area contributed by atoms with E-state index in [1.54, 1.807) is 0 Å². The van der Waals surface area contributed by atoms with Crippen LogP contribution < -0.4 is 4.90 Å². The molecule has 7 heteroatoms. The smallest absolute Gasteiger partial charge is 0.253 e. The Morgan fingerprint density at radius 1 is 0.857 bits per heavy atom. The second kappa shape index (κ2) is 7.42. The van der Waals surface area contributed by atoms with E-state index in [-0.39, 0.29) is 5.91 Å². The van der Waals surface area contributed by atoms with Crippen molar-refractivity contribution in [2.75, 3.05) is 31.1 Å². The molecule has 0 spiro atoms. The van der Waals surface area contributed by atoms with E-state index in [0.717, 1.165) is 41.7 Å². The highest BCUT2D eigenvalue weighted by atomic mass is 16.2. The van der Waals surface area contributed by atoms with Crippen LogP contribution in [-0.4, -0.2) is 57.0 Å². The van der Waals surface area contributed by atoms with Crippen LogP contribution in [0.15, 0.2) is 42.5 Å². The molecule has 2 aromatic heterocycles. The molecular formula is C21H24N6O. The van der Waals surface area contributed by atoms with E-state index in [9.17, 15) is 4.79 Å². The second-order valence-electron chi connectivity index (χ2n) is 7.10. The number of aryl methyl sites for hydroxylation is 1. The standard InChI is InChI=1S/C21H24N6O/c1-15-16(2)24-27(17(15)3)20-10-9-19(22-23-20)25-11-13-26(14-12-25)21(28)18-7-5-4-6-8-18/h4-10H,11-14H2,1-3H3. The molecule has 0 saturated carbocycles. The first kappa shape index (κ1) is 18.2. The summed E-state index contributed by atoms with van der Waals surface area (Å²) in [6, 6.07) is 13.4. The van der Waals surface area contributed by atoms with Crippen molar-refractivity contribution in [3.63, 3.8) is 0 Å². The van der Waals surface area contributed by atoms with Crippen molar-refractivity contribution in [2.45, 2.75) is 20.8 Å². The number of anilines is 1. The van der Waals surface area contributed by atoms with E-state index < -0.39 is 0 Å². The van der Waals surface area contributed by atoms with Crippen molar-refractivity contribution in [2.24, 2.45) is 0 Å². The third kappa shape index (κ3) is 3.35. The van der Waals surface area contributed by atoms with Crippen LogP contribution in [0.1, 0.15) is 27.3 Å². The molecule has 4 rings (SSSR count). The van der Waals surface area contributed by atoms with Crippen LogP contribution in [0.25, 0.3) is 5.82 Å². The highest BCUT2D eigenvalue weighted by Gasteiger charge is 2.23. The fourth-order valence-electron chi connectivity index (χ4n) is 3.45. The third-order valence-electron chi connectivity index (χ3n) is 5.42. The predicted molar refractivity (Wildman–Crippen MR) is 108 cm³/mol. The topological polar surface area (TPSA) is 67.2 Å². The number of aromatic nitrogens is 4. The average Bonchev–Trinajstić information content (AvgIpc) is 3.01. The molecule has 1 aromatic carbocycles. The number of hydrogen-bond donors (Lipinski definition) is 0. The lowest BCUT2D eigenvalue weighted by atomic mass is 10.2. The molecule has 1 aliphatic rings. The third-order valence-corrected chi connectivity index (χ3v) is 5.42. The maximum atomic E-state index is 12.6. The van der Waals surface area contributed by atoms with Crippen molar-refractivity contribution in [3.8, 4) is 5.82 Å². The molecule has 0 aliphatic carbocycles. The van der Waals surface area contributed by atoms with E-state index in [2.05, 4.69) is 27.1 Å². The van der Waals surface area contributed by atoms with Gasteiger partial charge in [0.05, 0.1) is 5.69 Å². The molecule has 0 unspecified atom stereocenters. The van der Waals surface area contributed by atoms with Gasteiger partial charge in [-0.05, 0) is 50.6 Å². The molecule has 7 nitrogen and oxygen atoms in total. The van der Waals surface area contributed by atoms with Crippen LogP contribution in [0.2, 0.25) is 0 Å². The monoisotopic (exact) mass is 376 g/mol. The van der Waals surface area contributed by atoms with Crippen LogP contribution in [0.3, 0.4) is 0 Å². The first-order chi connectivity index (χ1) is 13.5. The highest BCUT2D eigenvalue weighted by Crippen LogP contribution is 2.18. The summed E-state index contributed by atoms with van der Waals surface area (Å²) in [7, 11) is 0. The SMILES string of the molecule is Cc1nn(-c2ccc(N3CCN(C(=O)c4ccccc4)CC3)nn2)c(C)c1C. The summed E-state index contributed by atoms with van der Waals surface area (Å²) in [5.41, 5.74) is 3.99. The van der Waals surface area contributed by atoms with Gasteiger partial charge >= 0.3 is 0 Å². The zero-order valence-corrected chi connectivity index (χ0v) is 16.5. The number of amides is 1. The lowest BCUT2D eigenvalue weighted by Crippen LogP contribution is -2.49. The first-order valence-corrected chi connectivity index (χ1v) is 9.51. The van der Waals surface area contributed by atoms with Gasteiger partial charge in [0, 0.05) is 37.4 Å². The van der Waals surface area contributed by atoms with Gasteiger partial charge in [0.1, 0.15) is 0 Å². The molecule has 1 saturated heterocycles. The summed E-state index contributed by atoms with van der Waals surface area (Å²) in [5.74, 6) is 1.63. The molecule has 1 fully saturated rings. The Bertz CT molecular complexity index is 972. The first-order valence-electron chi connectivity index (χ1n) is 9.51. The molecule has 1 amide bonds. The van der Waals surface area contributed by atoms with Crippen molar-refractivity contribution in [1.29, 1.82) is 0 Å². The molecule has 28 heavy (non-hydrogen) atoms. The molecule has 3 aromatic rings. The van der Waals surface area contributed by atoms with Crippen LogP contribution in [0, 0.1) is 20.8 Å². The van der Waals surface area contributed by atoms with Gasteiger partial charge in [-0.15, -0.1) is 10.2 Å². The molecule has 0 atom stereocenters. The van der Waals surface area contributed by atoms with Crippen LogP contribution in [0.4, 0.5) is 5.82 Å². The largest absolute Gasteiger partial charge is 0.352 e. The fraction of sp³-hybridized carbons (Fsp3) is 0.333. The number of carbonyl (C=O) groups excluding carboxylic acids is 1. The maximum absolute atomic E-state index is 12.6. The predicted octanol–water partition coefficient (Wildman–Crippen LogP) is 2.55. The van der Waals surface area contributed by atoms with Crippen molar-refractivity contribution < 1.29 is 4.79 Å². The quantitative estimate of drug-likeness (QED) is 0.703. The Kier molecular flexibility index (Phi) is 4.81. The molecule has 144 valence electrons. The van der Waals surface area contributed by atoms with Gasteiger partial charge in [0.25, 0.3) is 5.91 Å². The Labute approximate surface area is 164 Å². The summed E-state index contributed by atoms with van der Waals surface area (Å²) in [4.78, 5) is 16.6. The van der Waals surface area contributed by atoms with E-state index in [1.165, 1.54) is 5.56 Å². The van der Waals surface area contributed by atoms with Gasteiger partial charge in [-0.3, -0.25) is 4.79 Å². The Hall–Kier alpha value is -3.22. The highest BCUT2D eigenvalue weighted by molar-refractivity contribution is 5.94. The summed E-state index contributed by atoms with van der Waals surface area (Å²) < 4.78 is 1.83. The lowest BCUT2D eigenvalue weighted by Gasteiger charge is -2.35. The molecule has 1 aliphatic heterocycles. The zero-order chi connectivity index (χ0) is 19.7. The summed E-state index contributed by atoms with van der Waals surface area (Å²) in [6.45, 7) is 8.93. The number of hydrogen-bond acceptors (Lipinski definition) is 5.